The zero-order valence-electron chi connectivity index (χ0n) is 20.6. The van der Waals surface area contributed by atoms with Crippen molar-refractivity contribution in [1.29, 1.82) is 0 Å². The molecule has 4 aromatic rings. The molecule has 1 aliphatic heterocycles. The van der Waals surface area contributed by atoms with E-state index in [1.165, 1.54) is 17.0 Å². The molecule has 3 aliphatic carbocycles. The minimum absolute atomic E-state index is 0.0638. The lowest BCUT2D eigenvalue weighted by Gasteiger charge is -2.45. The summed E-state index contributed by atoms with van der Waals surface area (Å²) in [6, 6.07) is 28.5. The third-order valence-corrected chi connectivity index (χ3v) is 8.20. The van der Waals surface area contributed by atoms with Crippen LogP contribution in [0.3, 0.4) is 0 Å². The van der Waals surface area contributed by atoms with E-state index in [0.29, 0.717) is 16.9 Å². The molecule has 2 N–H and O–H groups in total. The number of carboxylic acids is 1. The van der Waals surface area contributed by atoms with E-state index in [-0.39, 0.29) is 29.2 Å². The molecule has 39 heavy (non-hydrogen) atoms. The SMILES string of the molecule is O=C(O)c1cccc(NC(=O)c2ccc(N3C(=O)[C@@H]4C5c6ccccc6C(c6ccccc65)[C@H]4C3=O)cc2)c1. The Morgan fingerprint density at radius 2 is 1.15 bits per heavy atom. The molecule has 1 heterocycles. The lowest BCUT2D eigenvalue weighted by atomic mass is 9.55. The molecule has 0 saturated carbocycles. The number of aromatic carboxylic acids is 1. The topological polar surface area (TPSA) is 104 Å². The molecule has 7 heteroatoms. The van der Waals surface area contributed by atoms with E-state index in [0.717, 1.165) is 22.3 Å². The number of hydrogen-bond donors (Lipinski definition) is 2. The van der Waals surface area contributed by atoms with Gasteiger partial charge < -0.3 is 10.4 Å². The Hall–Kier alpha value is -5.04. The largest absolute Gasteiger partial charge is 0.478 e. The molecule has 1 saturated heterocycles. The molecule has 2 atom stereocenters. The first kappa shape index (κ1) is 23.1. The fraction of sp³-hybridized carbons (Fsp3) is 0.125. The summed E-state index contributed by atoms with van der Waals surface area (Å²) in [6.45, 7) is 0. The Kier molecular flexibility index (Phi) is 5.03. The molecule has 190 valence electrons. The summed E-state index contributed by atoms with van der Waals surface area (Å²) in [5, 5.41) is 11.9. The number of nitrogens with zero attached hydrogens (tertiary/aromatic N) is 1. The molecule has 0 radical (unpaired) electrons. The van der Waals surface area contributed by atoms with Crippen LogP contribution in [0.4, 0.5) is 11.4 Å². The summed E-state index contributed by atoms with van der Waals surface area (Å²) in [5.74, 6) is -3.26. The Morgan fingerprint density at radius 3 is 1.64 bits per heavy atom. The number of amides is 3. The third-order valence-electron chi connectivity index (χ3n) is 8.20. The fourth-order valence-corrected chi connectivity index (χ4v) is 6.63. The summed E-state index contributed by atoms with van der Waals surface area (Å²) in [7, 11) is 0. The van der Waals surface area contributed by atoms with E-state index in [1.807, 2.05) is 24.3 Å². The molecule has 0 unspecified atom stereocenters. The smallest absolute Gasteiger partial charge is 0.335 e. The molecular formula is C32H22N2O5. The Morgan fingerprint density at radius 1 is 0.641 bits per heavy atom. The van der Waals surface area contributed by atoms with Gasteiger partial charge in [-0.1, -0.05) is 54.6 Å². The molecule has 7 nitrogen and oxygen atoms in total. The Labute approximate surface area is 223 Å². The molecule has 8 rings (SSSR count). The van der Waals surface area contributed by atoms with Crippen molar-refractivity contribution >= 4 is 35.1 Å². The minimum Gasteiger partial charge on any atom is -0.478 e. The summed E-state index contributed by atoms with van der Waals surface area (Å²) in [6.07, 6.45) is 0. The number of carbonyl (C=O) groups is 4. The van der Waals surface area contributed by atoms with Crippen molar-refractivity contribution in [2.75, 3.05) is 10.2 Å². The van der Waals surface area contributed by atoms with Crippen LogP contribution in [0.25, 0.3) is 0 Å². The van der Waals surface area contributed by atoms with Gasteiger partial charge in [0.05, 0.1) is 23.1 Å². The lowest BCUT2D eigenvalue weighted by Crippen LogP contribution is -2.41. The highest BCUT2D eigenvalue weighted by atomic mass is 16.4. The normalized spacial score (nSPS) is 22.2. The average molecular weight is 515 g/mol. The number of carboxylic acid groups (broad SMARTS) is 1. The molecule has 2 bridgehead atoms. The summed E-state index contributed by atoms with van der Waals surface area (Å²) < 4.78 is 0. The monoisotopic (exact) mass is 514 g/mol. The molecule has 3 amide bonds. The highest BCUT2D eigenvalue weighted by Gasteiger charge is 2.61. The van der Waals surface area contributed by atoms with Gasteiger partial charge in [0.25, 0.3) is 5.91 Å². The van der Waals surface area contributed by atoms with Crippen LogP contribution < -0.4 is 10.2 Å². The maximum atomic E-state index is 13.9. The Bertz CT molecular complexity index is 1590. The van der Waals surface area contributed by atoms with Gasteiger partial charge in [-0.25, -0.2) is 9.69 Å². The number of hydrogen-bond acceptors (Lipinski definition) is 4. The third kappa shape index (κ3) is 3.36. The van der Waals surface area contributed by atoms with Crippen LogP contribution in [0.1, 0.15) is 54.8 Å². The number of benzene rings is 4. The predicted octanol–water partition coefficient (Wildman–Crippen LogP) is 5.03. The first-order chi connectivity index (χ1) is 18.9. The van der Waals surface area contributed by atoms with Gasteiger partial charge in [0.1, 0.15) is 0 Å². The molecule has 4 aromatic carbocycles. The number of nitrogens with one attached hydrogen (secondary N) is 1. The second-order valence-corrected chi connectivity index (χ2v) is 10.2. The number of anilines is 2. The van der Waals surface area contributed by atoms with Gasteiger partial charge in [-0.05, 0) is 64.7 Å². The van der Waals surface area contributed by atoms with Crippen molar-refractivity contribution in [3.05, 3.63) is 130 Å². The second kappa shape index (κ2) is 8.49. The van der Waals surface area contributed by atoms with E-state index < -0.39 is 23.7 Å². The van der Waals surface area contributed by atoms with E-state index in [1.54, 1.807) is 36.4 Å². The number of carbonyl (C=O) groups excluding carboxylic acids is 3. The zero-order valence-corrected chi connectivity index (χ0v) is 20.6. The van der Waals surface area contributed by atoms with E-state index >= 15 is 0 Å². The summed E-state index contributed by atoms with van der Waals surface area (Å²) in [5.41, 5.74) is 5.62. The summed E-state index contributed by atoms with van der Waals surface area (Å²) in [4.78, 5) is 53.1. The highest BCUT2D eigenvalue weighted by molar-refractivity contribution is 6.23. The van der Waals surface area contributed by atoms with Gasteiger partial charge in [-0.2, -0.15) is 0 Å². The van der Waals surface area contributed by atoms with Crippen molar-refractivity contribution < 1.29 is 24.3 Å². The van der Waals surface area contributed by atoms with Crippen LogP contribution in [0, 0.1) is 11.8 Å². The van der Waals surface area contributed by atoms with E-state index in [2.05, 4.69) is 29.6 Å². The number of rotatable bonds is 4. The molecular weight excluding hydrogens is 492 g/mol. The van der Waals surface area contributed by atoms with Crippen molar-refractivity contribution in [2.45, 2.75) is 11.8 Å². The van der Waals surface area contributed by atoms with Crippen LogP contribution in [-0.4, -0.2) is 28.8 Å². The minimum atomic E-state index is -1.09. The molecule has 0 aromatic heterocycles. The zero-order chi connectivity index (χ0) is 26.8. The first-order valence-corrected chi connectivity index (χ1v) is 12.7. The highest BCUT2D eigenvalue weighted by Crippen LogP contribution is 2.61. The van der Waals surface area contributed by atoms with Gasteiger partial charge in [0, 0.05) is 23.1 Å². The maximum Gasteiger partial charge on any atom is 0.335 e. The standard InChI is InChI=1S/C32H22N2O5/c35-29(33-19-7-5-6-18(16-19)32(38)39)17-12-14-20(15-13-17)34-30(36)27-25-21-8-1-2-9-22(21)26(28(27)31(34)37)24-11-4-3-10-23(24)25/h1-16,25-28H,(H,33,35)(H,38,39)/t25?,26?,27-,28-/m1/s1. The van der Waals surface area contributed by atoms with Crippen LogP contribution in [0.15, 0.2) is 97.1 Å². The summed E-state index contributed by atoms with van der Waals surface area (Å²) >= 11 is 0. The van der Waals surface area contributed by atoms with Crippen LogP contribution in [-0.2, 0) is 9.59 Å². The molecule has 0 spiro atoms. The fourth-order valence-electron chi connectivity index (χ4n) is 6.63. The average Bonchev–Trinajstić information content (AvgIpc) is 3.23. The van der Waals surface area contributed by atoms with Gasteiger partial charge in [-0.3, -0.25) is 14.4 Å². The lowest BCUT2D eigenvalue weighted by molar-refractivity contribution is -0.122. The predicted molar refractivity (Wildman–Crippen MR) is 144 cm³/mol. The maximum absolute atomic E-state index is 13.9. The first-order valence-electron chi connectivity index (χ1n) is 12.7. The van der Waals surface area contributed by atoms with Crippen LogP contribution in [0.2, 0.25) is 0 Å². The van der Waals surface area contributed by atoms with Gasteiger partial charge in [0.15, 0.2) is 0 Å². The molecule has 1 fully saturated rings. The van der Waals surface area contributed by atoms with E-state index in [9.17, 15) is 24.3 Å². The van der Waals surface area contributed by atoms with E-state index in [4.69, 9.17) is 0 Å². The van der Waals surface area contributed by atoms with Crippen LogP contribution >= 0.6 is 0 Å². The quantitative estimate of drug-likeness (QED) is 0.372. The van der Waals surface area contributed by atoms with Gasteiger partial charge >= 0.3 is 5.97 Å². The second-order valence-electron chi connectivity index (χ2n) is 10.2. The van der Waals surface area contributed by atoms with Crippen molar-refractivity contribution in [3.63, 3.8) is 0 Å². The van der Waals surface area contributed by atoms with Gasteiger partial charge in [-0.15, -0.1) is 0 Å². The van der Waals surface area contributed by atoms with Crippen molar-refractivity contribution in [1.82, 2.24) is 0 Å². The van der Waals surface area contributed by atoms with Gasteiger partial charge in [0.2, 0.25) is 11.8 Å². The van der Waals surface area contributed by atoms with Crippen LogP contribution in [0.5, 0.6) is 0 Å². The van der Waals surface area contributed by atoms with Crippen molar-refractivity contribution in [2.24, 2.45) is 11.8 Å². The van der Waals surface area contributed by atoms with Crippen molar-refractivity contribution in [3.8, 4) is 0 Å². The number of imide groups is 1. The molecule has 4 aliphatic rings. The Balaban J connectivity index is 1.19.